The molecule has 3 N–H and O–H groups in total. The van der Waals surface area contributed by atoms with Gasteiger partial charge in [-0.25, -0.2) is 4.79 Å². The molecule has 2 aliphatic rings. The van der Waals surface area contributed by atoms with E-state index in [1.807, 2.05) is 17.0 Å². The van der Waals surface area contributed by atoms with Gasteiger partial charge in [-0.15, -0.1) is 11.3 Å². The third-order valence-electron chi connectivity index (χ3n) is 6.14. The van der Waals surface area contributed by atoms with E-state index in [-0.39, 0.29) is 11.8 Å². The van der Waals surface area contributed by atoms with Gasteiger partial charge in [0.1, 0.15) is 5.84 Å². The van der Waals surface area contributed by atoms with Crippen molar-refractivity contribution in [3.8, 4) is 0 Å². The van der Waals surface area contributed by atoms with Crippen molar-refractivity contribution in [2.75, 3.05) is 25.0 Å². The number of carbonyl (C=O) groups excluding carboxylic acids is 2. The van der Waals surface area contributed by atoms with Crippen molar-refractivity contribution in [3.63, 3.8) is 0 Å². The molecule has 0 fully saturated rings. The molecule has 0 spiro atoms. The van der Waals surface area contributed by atoms with Crippen LogP contribution >= 0.6 is 22.9 Å². The number of fused-ring (bicyclic) bond motifs is 1. The normalized spacial score (nSPS) is 14.2. The van der Waals surface area contributed by atoms with Crippen LogP contribution in [0.4, 0.5) is 18.9 Å². The summed E-state index contributed by atoms with van der Waals surface area (Å²) in [5, 5.41) is 13.4. The molecule has 5 rings (SSSR count). The summed E-state index contributed by atoms with van der Waals surface area (Å²) in [6.45, 7) is 2.88. The molecule has 0 radical (unpaired) electrons. The lowest BCUT2D eigenvalue weighted by atomic mass is 10.1. The van der Waals surface area contributed by atoms with Crippen LogP contribution in [0.2, 0.25) is 4.34 Å². The summed E-state index contributed by atoms with van der Waals surface area (Å²) >= 11 is 7.18. The topological polar surface area (TPSA) is 111 Å². The Labute approximate surface area is 236 Å². The number of aliphatic carboxylic acids is 1. The van der Waals surface area contributed by atoms with Crippen molar-refractivity contribution in [1.82, 2.24) is 10.2 Å². The van der Waals surface area contributed by atoms with Crippen molar-refractivity contribution in [2.24, 2.45) is 4.99 Å². The molecule has 2 aromatic carbocycles. The number of nitrogens with one attached hydrogen (secondary N) is 2. The van der Waals surface area contributed by atoms with Crippen LogP contribution in [0.3, 0.4) is 0 Å². The SMILES string of the molecule is O=C(Nc1cccc2c1CN(CCc1ccc(CC3=NCCN3)cc1)C2=O)c1ccc(Cl)s1.O=C(O)C(F)(F)F. The summed E-state index contributed by atoms with van der Waals surface area (Å²) in [7, 11) is 0. The lowest BCUT2D eigenvalue weighted by Crippen LogP contribution is -2.26. The number of amidine groups is 1. The number of aliphatic imine (C=N–C) groups is 1. The molecule has 1 aromatic heterocycles. The van der Waals surface area contributed by atoms with Gasteiger partial charge in [0.05, 0.1) is 15.8 Å². The number of carboxylic acids is 1. The lowest BCUT2D eigenvalue weighted by Gasteiger charge is -2.16. The Morgan fingerprint density at radius 1 is 1.10 bits per heavy atom. The van der Waals surface area contributed by atoms with E-state index in [0.717, 1.165) is 37.3 Å². The second kappa shape index (κ2) is 12.5. The molecule has 210 valence electrons. The standard InChI is InChI=1S/C25H23ClN4O2S.C2HF3O2/c26-22-9-8-21(33-22)24(31)29-20-3-1-2-18-19(20)15-30(25(18)32)13-10-16-4-6-17(7-5-16)14-23-27-11-12-28-23;3-2(4,5)1(6)7/h1-9H,10-15H2,(H,27,28)(H,29,31);(H,6,7). The summed E-state index contributed by atoms with van der Waals surface area (Å²) in [6.07, 6.45) is -3.49. The average molecular weight is 593 g/mol. The number of hydrogen-bond acceptors (Lipinski definition) is 6. The van der Waals surface area contributed by atoms with E-state index in [1.165, 1.54) is 22.5 Å². The van der Waals surface area contributed by atoms with Gasteiger partial charge in [0.25, 0.3) is 11.8 Å². The molecule has 2 aliphatic heterocycles. The number of rotatable bonds is 7. The first-order chi connectivity index (χ1) is 19.0. The molecular formula is C27H24ClF3N4O4S. The van der Waals surface area contributed by atoms with Crippen LogP contribution in [0.25, 0.3) is 0 Å². The number of thiophene rings is 1. The Morgan fingerprint density at radius 3 is 2.40 bits per heavy atom. The fraction of sp³-hybridized carbons (Fsp3) is 0.259. The van der Waals surface area contributed by atoms with E-state index < -0.39 is 12.1 Å². The summed E-state index contributed by atoms with van der Waals surface area (Å²) in [5.41, 5.74) is 4.59. The van der Waals surface area contributed by atoms with Crippen LogP contribution in [-0.2, 0) is 24.2 Å². The van der Waals surface area contributed by atoms with E-state index in [4.69, 9.17) is 21.5 Å². The summed E-state index contributed by atoms with van der Waals surface area (Å²) < 4.78 is 32.3. The quantitative estimate of drug-likeness (QED) is 0.356. The highest BCUT2D eigenvalue weighted by Gasteiger charge is 2.38. The molecule has 2 amide bonds. The van der Waals surface area contributed by atoms with E-state index in [0.29, 0.717) is 33.6 Å². The van der Waals surface area contributed by atoms with Gasteiger partial charge in [-0.05, 0) is 41.8 Å². The van der Waals surface area contributed by atoms with Crippen molar-refractivity contribution in [3.05, 3.63) is 86.1 Å². The van der Waals surface area contributed by atoms with Gasteiger partial charge in [-0.3, -0.25) is 14.6 Å². The number of carboxylic acid groups (broad SMARTS) is 1. The minimum absolute atomic E-state index is 0.00204. The third kappa shape index (κ3) is 7.39. The van der Waals surface area contributed by atoms with Crippen LogP contribution in [0, 0.1) is 0 Å². The monoisotopic (exact) mass is 592 g/mol. The molecule has 0 saturated heterocycles. The van der Waals surface area contributed by atoms with Crippen LogP contribution in [-0.4, -0.2) is 59.4 Å². The van der Waals surface area contributed by atoms with Gasteiger partial charge >= 0.3 is 12.1 Å². The Kier molecular flexibility index (Phi) is 9.10. The molecule has 3 heterocycles. The zero-order valence-corrected chi connectivity index (χ0v) is 22.5. The highest BCUT2D eigenvalue weighted by atomic mass is 35.5. The van der Waals surface area contributed by atoms with Gasteiger partial charge in [-0.1, -0.05) is 41.9 Å². The maximum Gasteiger partial charge on any atom is 0.490 e. The van der Waals surface area contributed by atoms with Gasteiger partial charge in [0.15, 0.2) is 0 Å². The van der Waals surface area contributed by atoms with Crippen LogP contribution in [0.15, 0.2) is 59.6 Å². The van der Waals surface area contributed by atoms with Crippen LogP contribution in [0.5, 0.6) is 0 Å². The van der Waals surface area contributed by atoms with Gasteiger partial charge < -0.3 is 20.6 Å². The number of amides is 2. The molecule has 0 saturated carbocycles. The largest absolute Gasteiger partial charge is 0.490 e. The number of nitrogens with zero attached hydrogens (tertiary/aromatic N) is 2. The number of benzene rings is 2. The Hall–Kier alpha value is -3.90. The first-order valence-electron chi connectivity index (χ1n) is 12.1. The van der Waals surface area contributed by atoms with Crippen molar-refractivity contribution < 1.29 is 32.7 Å². The van der Waals surface area contributed by atoms with Crippen LogP contribution in [0.1, 0.15) is 36.7 Å². The molecule has 0 unspecified atom stereocenters. The van der Waals surface area contributed by atoms with Crippen molar-refractivity contribution >= 4 is 52.2 Å². The molecular weight excluding hydrogens is 569 g/mol. The zero-order chi connectivity index (χ0) is 28.9. The first-order valence-corrected chi connectivity index (χ1v) is 13.3. The van der Waals surface area contributed by atoms with Crippen LogP contribution < -0.4 is 10.6 Å². The maximum atomic E-state index is 13.0. The molecule has 0 atom stereocenters. The maximum absolute atomic E-state index is 13.0. The lowest BCUT2D eigenvalue weighted by molar-refractivity contribution is -0.192. The molecule has 40 heavy (non-hydrogen) atoms. The molecule has 0 aliphatic carbocycles. The van der Waals surface area contributed by atoms with E-state index >= 15 is 0 Å². The number of hydrogen-bond donors (Lipinski definition) is 3. The molecule has 0 bridgehead atoms. The first kappa shape index (κ1) is 29.1. The van der Waals surface area contributed by atoms with Gasteiger partial charge in [-0.2, -0.15) is 13.2 Å². The zero-order valence-electron chi connectivity index (χ0n) is 20.9. The van der Waals surface area contributed by atoms with Crippen molar-refractivity contribution in [1.29, 1.82) is 0 Å². The third-order valence-corrected chi connectivity index (χ3v) is 7.37. The second-order valence-electron chi connectivity index (χ2n) is 8.92. The Balaban J connectivity index is 0.000000470. The average Bonchev–Trinajstić information content (AvgIpc) is 3.65. The van der Waals surface area contributed by atoms with Crippen molar-refractivity contribution in [2.45, 2.75) is 25.6 Å². The number of carbonyl (C=O) groups is 3. The predicted octanol–water partition coefficient (Wildman–Crippen LogP) is 5.03. The van der Waals surface area contributed by atoms with Gasteiger partial charge in [0.2, 0.25) is 0 Å². The smallest absolute Gasteiger partial charge is 0.475 e. The highest BCUT2D eigenvalue weighted by Crippen LogP contribution is 2.31. The Morgan fingerprint density at radius 2 is 1.80 bits per heavy atom. The molecule has 3 aromatic rings. The number of alkyl halides is 3. The van der Waals surface area contributed by atoms with E-state index in [1.54, 1.807) is 18.2 Å². The van der Waals surface area contributed by atoms with Gasteiger partial charge in [0, 0.05) is 42.9 Å². The molecule has 8 nitrogen and oxygen atoms in total. The summed E-state index contributed by atoms with van der Waals surface area (Å²) in [4.78, 5) is 41.2. The number of halogens is 4. The van der Waals surface area contributed by atoms with E-state index in [9.17, 15) is 22.8 Å². The minimum atomic E-state index is -5.08. The fourth-order valence-corrected chi connectivity index (χ4v) is 5.09. The highest BCUT2D eigenvalue weighted by molar-refractivity contribution is 7.18. The predicted molar refractivity (Wildman–Crippen MR) is 146 cm³/mol. The summed E-state index contributed by atoms with van der Waals surface area (Å²) in [5.74, 6) is -1.92. The second-order valence-corrected chi connectivity index (χ2v) is 10.6. The fourth-order valence-electron chi connectivity index (χ4n) is 4.16. The summed E-state index contributed by atoms with van der Waals surface area (Å²) in [6, 6.07) is 17.4. The number of anilines is 1. The molecule has 13 heteroatoms. The van der Waals surface area contributed by atoms with E-state index in [2.05, 4.69) is 39.9 Å². The Bertz CT molecular complexity index is 1440. The minimum Gasteiger partial charge on any atom is -0.475 e.